The number of nitrogens with one attached hydrogen (secondary N) is 3. The van der Waals surface area contributed by atoms with Crippen LogP contribution < -0.4 is 16.2 Å². The molecular weight excluding hydrogens is 342 g/mol. The number of aryl methyl sites for hydroxylation is 1. The average molecular weight is 374 g/mol. The summed E-state index contributed by atoms with van der Waals surface area (Å²) in [4.78, 5) is 24.7. The maximum atomic E-state index is 12.6. The van der Waals surface area contributed by atoms with E-state index in [-0.39, 0.29) is 24.1 Å². The van der Waals surface area contributed by atoms with Gasteiger partial charge in [0.25, 0.3) is 5.56 Å². The normalized spacial score (nSPS) is 11.3. The summed E-state index contributed by atoms with van der Waals surface area (Å²) in [6.45, 7) is 10.6. The highest BCUT2D eigenvalue weighted by Gasteiger charge is 2.16. The number of H-pyrrole nitrogens is 1. The predicted molar refractivity (Wildman–Crippen MR) is 110 cm³/mol. The van der Waals surface area contributed by atoms with Gasteiger partial charge in [-0.2, -0.15) is 0 Å². The highest BCUT2D eigenvalue weighted by molar-refractivity contribution is 5.74. The zero-order valence-electron chi connectivity index (χ0n) is 16.9. The molecule has 0 fully saturated rings. The van der Waals surface area contributed by atoms with Crippen molar-refractivity contribution in [2.24, 2.45) is 0 Å². The molecule has 0 aromatic carbocycles. The van der Waals surface area contributed by atoms with E-state index in [2.05, 4.69) is 53.3 Å². The molecule has 2 heterocycles. The second kappa shape index (κ2) is 9.50. The Balaban J connectivity index is 2.48. The Labute approximate surface area is 160 Å². The third-order valence-electron chi connectivity index (χ3n) is 4.60. The van der Waals surface area contributed by atoms with Gasteiger partial charge in [0.2, 0.25) is 0 Å². The van der Waals surface area contributed by atoms with Gasteiger partial charge in [0.1, 0.15) is 5.82 Å². The van der Waals surface area contributed by atoms with Crippen molar-refractivity contribution in [3.05, 3.63) is 33.9 Å². The Bertz CT molecular complexity index is 813. The van der Waals surface area contributed by atoms with E-state index in [9.17, 15) is 4.79 Å². The van der Waals surface area contributed by atoms with Gasteiger partial charge in [0.15, 0.2) is 5.82 Å². The molecule has 0 radical (unpaired) electrons. The number of hydrogen-bond acceptors (Lipinski definition) is 6. The van der Waals surface area contributed by atoms with Gasteiger partial charge >= 0.3 is 0 Å². The summed E-state index contributed by atoms with van der Waals surface area (Å²) in [5.41, 5.74) is 2.82. The zero-order valence-corrected chi connectivity index (χ0v) is 16.9. The van der Waals surface area contributed by atoms with Crippen LogP contribution in [0.2, 0.25) is 0 Å². The quantitative estimate of drug-likeness (QED) is 0.538. The Hall–Kier alpha value is -2.41. The van der Waals surface area contributed by atoms with Crippen LogP contribution in [0.15, 0.2) is 16.9 Å². The van der Waals surface area contributed by atoms with E-state index in [1.54, 1.807) is 0 Å². The monoisotopic (exact) mass is 373 g/mol. The molecule has 2 aromatic rings. The van der Waals surface area contributed by atoms with E-state index in [1.165, 1.54) is 0 Å². The molecule has 2 rings (SSSR count). The number of aliphatic hydroxyl groups is 1. The smallest absolute Gasteiger partial charge is 0.291 e. The van der Waals surface area contributed by atoms with Crippen molar-refractivity contribution >= 4 is 11.6 Å². The first-order valence-electron chi connectivity index (χ1n) is 9.64. The number of aromatic amines is 1. The summed E-state index contributed by atoms with van der Waals surface area (Å²) in [5.74, 6) is 1.26. The van der Waals surface area contributed by atoms with Gasteiger partial charge in [-0.3, -0.25) is 4.79 Å². The van der Waals surface area contributed by atoms with Gasteiger partial charge < -0.3 is 20.7 Å². The van der Waals surface area contributed by atoms with Crippen molar-refractivity contribution in [1.82, 2.24) is 15.0 Å². The van der Waals surface area contributed by atoms with Crippen LogP contribution in [0.3, 0.4) is 0 Å². The molecule has 7 heteroatoms. The lowest BCUT2D eigenvalue weighted by Gasteiger charge is -2.17. The minimum absolute atomic E-state index is 0.000933. The molecule has 0 aliphatic carbocycles. The van der Waals surface area contributed by atoms with E-state index in [0.717, 1.165) is 24.1 Å². The third kappa shape index (κ3) is 5.07. The van der Waals surface area contributed by atoms with Crippen molar-refractivity contribution < 1.29 is 5.11 Å². The minimum Gasteiger partial charge on any atom is -0.395 e. The van der Waals surface area contributed by atoms with Gasteiger partial charge in [0.05, 0.1) is 18.0 Å². The summed E-state index contributed by atoms with van der Waals surface area (Å²) in [5, 5.41) is 15.5. The second-order valence-electron chi connectivity index (χ2n) is 6.97. The molecule has 0 aliphatic heterocycles. The third-order valence-corrected chi connectivity index (χ3v) is 4.60. The summed E-state index contributed by atoms with van der Waals surface area (Å²) >= 11 is 0. The standard InChI is InChI=1S/C20H31N5O2/c1-6-14(7-2)23-19-20(27)25-17(13(5)22-19)15-8-9-16(12(3)4)24-18(15)21-10-11-26/h8-9,12,14,26H,6-7,10-11H2,1-5H3,(H,21,24)(H,22,23)(H,25,27). The number of nitrogens with zero attached hydrogens (tertiary/aromatic N) is 2. The highest BCUT2D eigenvalue weighted by Crippen LogP contribution is 2.28. The first kappa shape index (κ1) is 20.9. The first-order chi connectivity index (χ1) is 12.9. The van der Waals surface area contributed by atoms with Gasteiger partial charge in [0, 0.05) is 23.8 Å². The van der Waals surface area contributed by atoms with E-state index in [1.807, 2.05) is 19.1 Å². The number of anilines is 2. The van der Waals surface area contributed by atoms with E-state index < -0.39 is 0 Å². The molecule has 0 bridgehead atoms. The van der Waals surface area contributed by atoms with E-state index >= 15 is 0 Å². The maximum Gasteiger partial charge on any atom is 0.291 e. The maximum absolute atomic E-state index is 12.6. The molecule has 0 saturated heterocycles. The van der Waals surface area contributed by atoms with Crippen LogP contribution >= 0.6 is 0 Å². The number of aromatic nitrogens is 3. The molecule has 4 N–H and O–H groups in total. The summed E-state index contributed by atoms with van der Waals surface area (Å²) < 4.78 is 0. The zero-order chi connectivity index (χ0) is 20.0. The first-order valence-corrected chi connectivity index (χ1v) is 9.64. The molecule has 148 valence electrons. The molecule has 0 saturated carbocycles. The van der Waals surface area contributed by atoms with E-state index in [0.29, 0.717) is 29.6 Å². The van der Waals surface area contributed by atoms with Crippen molar-refractivity contribution in [1.29, 1.82) is 0 Å². The topological polar surface area (TPSA) is 103 Å². The van der Waals surface area contributed by atoms with Gasteiger partial charge in [-0.15, -0.1) is 0 Å². The second-order valence-corrected chi connectivity index (χ2v) is 6.97. The number of aliphatic hydroxyl groups excluding tert-OH is 1. The van der Waals surface area contributed by atoms with Crippen LogP contribution in [0.5, 0.6) is 0 Å². The van der Waals surface area contributed by atoms with Crippen LogP contribution in [0.1, 0.15) is 57.8 Å². The van der Waals surface area contributed by atoms with E-state index in [4.69, 9.17) is 5.11 Å². The lowest BCUT2D eigenvalue weighted by molar-refractivity contribution is 0.311. The van der Waals surface area contributed by atoms with Crippen LogP contribution in [-0.4, -0.2) is 39.3 Å². The summed E-state index contributed by atoms with van der Waals surface area (Å²) in [6.07, 6.45) is 1.85. The molecule has 27 heavy (non-hydrogen) atoms. The fourth-order valence-electron chi connectivity index (χ4n) is 2.89. The van der Waals surface area contributed by atoms with Gasteiger partial charge in [-0.25, -0.2) is 9.97 Å². The Morgan fingerprint density at radius 2 is 1.85 bits per heavy atom. The molecule has 0 amide bonds. The number of pyridine rings is 1. The van der Waals surface area contributed by atoms with Crippen LogP contribution in [-0.2, 0) is 0 Å². The molecule has 7 nitrogen and oxygen atoms in total. The number of hydrogen-bond donors (Lipinski definition) is 4. The number of rotatable bonds is 9. The predicted octanol–water partition coefficient (Wildman–Crippen LogP) is 3.27. The van der Waals surface area contributed by atoms with Crippen LogP contribution in [0, 0.1) is 6.92 Å². The van der Waals surface area contributed by atoms with Crippen molar-refractivity contribution in [3.8, 4) is 11.3 Å². The fourth-order valence-corrected chi connectivity index (χ4v) is 2.89. The Morgan fingerprint density at radius 1 is 1.15 bits per heavy atom. The van der Waals surface area contributed by atoms with Gasteiger partial charge in [-0.1, -0.05) is 27.7 Å². The van der Waals surface area contributed by atoms with Crippen molar-refractivity contribution in [3.63, 3.8) is 0 Å². The molecule has 0 unspecified atom stereocenters. The summed E-state index contributed by atoms with van der Waals surface area (Å²) in [7, 11) is 0. The van der Waals surface area contributed by atoms with Crippen molar-refractivity contribution in [2.45, 2.75) is 59.4 Å². The van der Waals surface area contributed by atoms with Crippen molar-refractivity contribution in [2.75, 3.05) is 23.8 Å². The molecule has 0 spiro atoms. The van der Waals surface area contributed by atoms with Crippen LogP contribution in [0.25, 0.3) is 11.3 Å². The highest BCUT2D eigenvalue weighted by atomic mass is 16.3. The molecule has 0 aliphatic rings. The fraction of sp³-hybridized carbons (Fsp3) is 0.550. The Morgan fingerprint density at radius 3 is 2.44 bits per heavy atom. The molecule has 0 atom stereocenters. The molecule has 2 aromatic heterocycles. The average Bonchev–Trinajstić information content (AvgIpc) is 2.66. The lowest BCUT2D eigenvalue weighted by Crippen LogP contribution is -2.25. The largest absolute Gasteiger partial charge is 0.395 e. The summed E-state index contributed by atoms with van der Waals surface area (Å²) in [6, 6.07) is 4.12. The minimum atomic E-state index is -0.247. The SMILES string of the molecule is CCC(CC)Nc1nc(C)c(-c2ccc(C(C)C)nc2NCCO)[nH]c1=O. The Kier molecular flexibility index (Phi) is 7.36. The van der Waals surface area contributed by atoms with Gasteiger partial charge in [-0.05, 0) is 37.8 Å². The lowest BCUT2D eigenvalue weighted by atomic mass is 10.1. The molecular formula is C20H31N5O2. The van der Waals surface area contributed by atoms with Crippen LogP contribution in [0.4, 0.5) is 11.6 Å².